The van der Waals surface area contributed by atoms with Gasteiger partial charge in [0.25, 0.3) is 10.0 Å². The number of sulfonamides is 1. The third-order valence-electron chi connectivity index (χ3n) is 7.31. The number of halogens is 3. The first-order chi connectivity index (χ1) is 22.0. The second-order valence-electron chi connectivity index (χ2n) is 12.3. The molecule has 248 valence electrons. The summed E-state index contributed by atoms with van der Waals surface area (Å²) in [7, 11) is -4.55. The zero-order valence-electron chi connectivity index (χ0n) is 26.7. The van der Waals surface area contributed by atoms with Crippen molar-refractivity contribution >= 4 is 27.5 Å². The molecule has 0 saturated carbocycles. The highest BCUT2D eigenvalue weighted by Gasteiger charge is 2.37. The van der Waals surface area contributed by atoms with Crippen LogP contribution in [0.2, 0.25) is 0 Å². The highest BCUT2D eigenvalue weighted by atomic mass is 32.2. The number of nitrogens with one attached hydrogen (secondary N) is 1. The largest absolute Gasteiger partial charge is 0.416 e. The second kappa shape index (κ2) is 14.4. The van der Waals surface area contributed by atoms with Crippen molar-refractivity contribution in [1.82, 2.24) is 10.2 Å². The van der Waals surface area contributed by atoms with Gasteiger partial charge in [-0.25, -0.2) is 8.42 Å². The Balaban J connectivity index is 1.84. The zero-order valence-corrected chi connectivity index (χ0v) is 27.5. The number of rotatable bonds is 11. The van der Waals surface area contributed by atoms with Crippen LogP contribution in [0.25, 0.3) is 0 Å². The first-order valence-electron chi connectivity index (χ1n) is 15.0. The van der Waals surface area contributed by atoms with Crippen molar-refractivity contribution in [3.8, 4) is 0 Å². The van der Waals surface area contributed by atoms with Gasteiger partial charge in [0.15, 0.2) is 0 Å². The van der Waals surface area contributed by atoms with E-state index in [1.54, 1.807) is 82.3 Å². The Kier molecular flexibility index (Phi) is 10.8. The molecule has 0 saturated heterocycles. The summed E-state index contributed by atoms with van der Waals surface area (Å²) in [5.74, 6) is -1.23. The fourth-order valence-corrected chi connectivity index (χ4v) is 6.40. The molecule has 47 heavy (non-hydrogen) atoms. The van der Waals surface area contributed by atoms with Gasteiger partial charge in [0.2, 0.25) is 11.8 Å². The summed E-state index contributed by atoms with van der Waals surface area (Å²) in [5, 5.41) is 2.94. The number of carbonyl (C=O) groups is 2. The molecule has 4 aromatic carbocycles. The number of alkyl halides is 3. The Labute approximate surface area is 274 Å². The number of benzene rings is 4. The lowest BCUT2D eigenvalue weighted by atomic mass is 10.0. The third kappa shape index (κ3) is 9.45. The van der Waals surface area contributed by atoms with E-state index in [0.717, 1.165) is 23.3 Å². The van der Waals surface area contributed by atoms with E-state index in [-0.39, 0.29) is 23.5 Å². The zero-order chi connectivity index (χ0) is 34.4. The van der Waals surface area contributed by atoms with Gasteiger partial charge in [-0.05, 0) is 69.2 Å². The Morgan fingerprint density at radius 2 is 1.36 bits per heavy atom. The maximum atomic E-state index is 14.5. The number of nitrogens with zero attached hydrogens (tertiary/aromatic N) is 2. The molecular formula is C36H38F3N3O4S. The molecule has 0 aromatic heterocycles. The topological polar surface area (TPSA) is 86.8 Å². The van der Waals surface area contributed by atoms with Gasteiger partial charge in [0.1, 0.15) is 12.6 Å². The van der Waals surface area contributed by atoms with Crippen molar-refractivity contribution in [2.24, 2.45) is 0 Å². The van der Waals surface area contributed by atoms with Crippen molar-refractivity contribution in [1.29, 1.82) is 0 Å². The highest BCUT2D eigenvalue weighted by molar-refractivity contribution is 7.92. The molecule has 0 aliphatic carbocycles. The number of anilines is 1. The van der Waals surface area contributed by atoms with Crippen LogP contribution >= 0.6 is 0 Å². The summed E-state index contributed by atoms with van der Waals surface area (Å²) < 4.78 is 70.2. The lowest BCUT2D eigenvalue weighted by Gasteiger charge is -2.35. The molecule has 0 radical (unpaired) electrons. The maximum absolute atomic E-state index is 14.5. The van der Waals surface area contributed by atoms with Gasteiger partial charge in [0.05, 0.1) is 16.1 Å². The molecule has 1 unspecified atom stereocenters. The summed E-state index contributed by atoms with van der Waals surface area (Å²) in [5.41, 5.74) is 0.135. The van der Waals surface area contributed by atoms with E-state index in [9.17, 15) is 31.2 Å². The number of carbonyl (C=O) groups excluding carboxylic acids is 2. The number of amides is 2. The Bertz CT molecular complexity index is 1770. The minimum atomic E-state index is -4.76. The molecule has 7 nitrogen and oxygen atoms in total. The molecule has 0 fully saturated rings. The van der Waals surface area contributed by atoms with Gasteiger partial charge < -0.3 is 10.2 Å². The summed E-state index contributed by atoms with van der Waals surface area (Å²) in [4.78, 5) is 29.5. The van der Waals surface area contributed by atoms with Crippen LogP contribution in [0.15, 0.2) is 114 Å². The van der Waals surface area contributed by atoms with Crippen molar-refractivity contribution in [3.05, 3.63) is 131 Å². The molecule has 0 aliphatic rings. The fraction of sp³-hybridized carbons (Fsp3) is 0.278. The second-order valence-corrected chi connectivity index (χ2v) is 14.2. The van der Waals surface area contributed by atoms with Crippen LogP contribution in [0.5, 0.6) is 0 Å². The van der Waals surface area contributed by atoms with Gasteiger partial charge >= 0.3 is 6.18 Å². The van der Waals surface area contributed by atoms with Crippen LogP contribution in [0.4, 0.5) is 18.9 Å². The molecule has 2 amide bonds. The predicted molar refractivity (Wildman–Crippen MR) is 176 cm³/mol. The van der Waals surface area contributed by atoms with Crippen LogP contribution in [0, 0.1) is 6.92 Å². The van der Waals surface area contributed by atoms with Gasteiger partial charge in [-0.15, -0.1) is 0 Å². The monoisotopic (exact) mass is 665 g/mol. The average Bonchev–Trinajstić information content (AvgIpc) is 3.01. The fourth-order valence-electron chi connectivity index (χ4n) is 4.99. The summed E-state index contributed by atoms with van der Waals surface area (Å²) in [6, 6.07) is 26.5. The lowest BCUT2D eigenvalue weighted by Crippen LogP contribution is -2.56. The summed E-state index contributed by atoms with van der Waals surface area (Å²) in [6.07, 6.45) is -4.65. The normalized spacial score (nSPS) is 12.7. The first kappa shape index (κ1) is 35.2. The highest BCUT2D eigenvalue weighted by Crippen LogP contribution is 2.33. The molecule has 0 spiro atoms. The molecule has 1 N–H and O–H groups in total. The molecule has 11 heteroatoms. The minimum Gasteiger partial charge on any atom is -0.350 e. The quantitative estimate of drug-likeness (QED) is 0.192. The molecular weight excluding hydrogens is 627 g/mol. The van der Waals surface area contributed by atoms with Crippen molar-refractivity contribution in [2.75, 3.05) is 10.8 Å². The maximum Gasteiger partial charge on any atom is 0.416 e. The van der Waals surface area contributed by atoms with Crippen LogP contribution in [0.1, 0.15) is 43.0 Å². The van der Waals surface area contributed by atoms with Crippen LogP contribution in [-0.2, 0) is 38.8 Å². The van der Waals surface area contributed by atoms with Crippen LogP contribution in [-0.4, -0.2) is 43.3 Å². The number of hydrogen-bond acceptors (Lipinski definition) is 4. The van der Waals surface area contributed by atoms with Gasteiger partial charge in [-0.2, -0.15) is 13.2 Å². The molecule has 1 atom stereocenters. The summed E-state index contributed by atoms with van der Waals surface area (Å²) >= 11 is 0. The minimum absolute atomic E-state index is 0.0598. The summed E-state index contributed by atoms with van der Waals surface area (Å²) in [6.45, 7) is 6.25. The molecule has 4 rings (SSSR count). The molecule has 0 heterocycles. The van der Waals surface area contributed by atoms with Crippen molar-refractivity contribution in [2.45, 2.75) is 63.3 Å². The Hall–Kier alpha value is -4.64. The van der Waals surface area contributed by atoms with E-state index in [4.69, 9.17) is 0 Å². The van der Waals surface area contributed by atoms with E-state index in [2.05, 4.69) is 5.32 Å². The smallest absolute Gasteiger partial charge is 0.350 e. The van der Waals surface area contributed by atoms with Gasteiger partial charge in [-0.1, -0.05) is 84.4 Å². The standard InChI is InChI=1S/C36H38F3N3O4S/c1-26-18-20-31(21-19-26)47(45,46)42(30-17-11-16-29(23-30)36(37,38)39)25-33(43)41(24-28-14-9-6-10-15-28)32(34(44)40-35(2,3)4)22-27-12-7-5-8-13-27/h5-21,23,32H,22,24-25H2,1-4H3,(H,40,44). The average molecular weight is 666 g/mol. The number of hydrogen-bond donors (Lipinski definition) is 1. The number of aryl methyl sites for hydroxylation is 1. The lowest BCUT2D eigenvalue weighted by molar-refractivity contribution is -0.140. The Morgan fingerprint density at radius 3 is 1.91 bits per heavy atom. The van der Waals surface area contributed by atoms with Gasteiger partial charge in [-0.3, -0.25) is 13.9 Å². The van der Waals surface area contributed by atoms with E-state index in [1.807, 2.05) is 18.2 Å². The van der Waals surface area contributed by atoms with Crippen molar-refractivity contribution in [3.63, 3.8) is 0 Å². The van der Waals surface area contributed by atoms with E-state index in [0.29, 0.717) is 15.9 Å². The predicted octanol–water partition coefficient (Wildman–Crippen LogP) is 6.76. The first-order valence-corrected chi connectivity index (χ1v) is 16.4. The SMILES string of the molecule is Cc1ccc(S(=O)(=O)N(CC(=O)N(Cc2ccccc2)C(Cc2ccccc2)C(=O)NC(C)(C)C)c2cccc(C(F)(F)F)c2)cc1. The Morgan fingerprint density at radius 1 is 0.787 bits per heavy atom. The molecule has 0 aliphatic heterocycles. The van der Waals surface area contributed by atoms with Crippen LogP contribution in [0.3, 0.4) is 0 Å². The van der Waals surface area contributed by atoms with Gasteiger partial charge in [0, 0.05) is 18.5 Å². The van der Waals surface area contributed by atoms with E-state index < -0.39 is 51.7 Å². The van der Waals surface area contributed by atoms with E-state index in [1.165, 1.54) is 23.1 Å². The molecule has 0 bridgehead atoms. The van der Waals surface area contributed by atoms with E-state index >= 15 is 0 Å². The third-order valence-corrected chi connectivity index (χ3v) is 9.10. The molecule has 4 aromatic rings. The van der Waals surface area contributed by atoms with Crippen molar-refractivity contribution < 1.29 is 31.2 Å². The van der Waals surface area contributed by atoms with Crippen LogP contribution < -0.4 is 9.62 Å².